The molecule has 0 amide bonds. The van der Waals surface area contributed by atoms with Gasteiger partial charge in [0.05, 0.1) is 24.9 Å². The van der Waals surface area contributed by atoms with E-state index in [4.69, 9.17) is 9.10 Å². The summed E-state index contributed by atoms with van der Waals surface area (Å²) >= 11 is 0. The number of nitrogens with zero attached hydrogens (tertiary/aromatic N) is 4. The molecule has 315 valence electrons. The maximum Gasteiger partial charge on any atom is 0.0795 e. The standard InChI is InChI=1S/C43H36N3.C14H16NSi.Ir/c1-28(2)35-26-32(30-15-7-5-8-16-30)27-36(29(3)4)42(35)46-41-22-14-12-20-38(41)44-43(46)31-23-24-40-37(25-31)34-19-11-13-21-39(34)45(40)33-17-9-6-10-18-33;1-16(2,3)13-9-10-14(15-11-13)12-7-5-4-6-8-12;/h5-22,24-29H,1-4H3;4-7,9-11H,1-3H3;/q2*-1;/i;4D,5D,6D;. The molecule has 0 aliphatic carbocycles. The van der Waals surface area contributed by atoms with Gasteiger partial charge in [-0.1, -0.05) is 144 Å². The Kier molecular flexibility index (Phi) is 11.5. The third-order valence-corrected chi connectivity index (χ3v) is 13.6. The van der Waals surface area contributed by atoms with Crippen LogP contribution in [0.4, 0.5) is 0 Å². The molecule has 0 aliphatic heterocycles. The molecular formula is C57H52IrN4Si-2. The van der Waals surface area contributed by atoms with Crippen molar-refractivity contribution in [1.82, 2.24) is 19.1 Å². The molecule has 3 heterocycles. The van der Waals surface area contributed by atoms with Crippen molar-refractivity contribution in [1.29, 1.82) is 0 Å². The second kappa shape index (κ2) is 18.3. The van der Waals surface area contributed by atoms with E-state index in [0.29, 0.717) is 23.1 Å². The van der Waals surface area contributed by atoms with Crippen LogP contribution < -0.4 is 5.19 Å². The molecule has 1 radical (unpaired) electrons. The first-order chi connectivity index (χ1) is 31.3. The summed E-state index contributed by atoms with van der Waals surface area (Å²) in [5.74, 6) is 1.52. The van der Waals surface area contributed by atoms with Gasteiger partial charge in [-0.15, -0.1) is 59.6 Å². The summed E-state index contributed by atoms with van der Waals surface area (Å²) in [5.41, 5.74) is 14.2. The van der Waals surface area contributed by atoms with Gasteiger partial charge in [-0.3, -0.25) is 4.98 Å². The van der Waals surface area contributed by atoms with Crippen molar-refractivity contribution in [2.45, 2.75) is 59.2 Å². The number of hydrogen-bond acceptors (Lipinski definition) is 2. The molecule has 0 unspecified atom stereocenters. The van der Waals surface area contributed by atoms with Gasteiger partial charge >= 0.3 is 0 Å². The summed E-state index contributed by atoms with van der Waals surface area (Å²) in [4.78, 5) is 9.72. The fraction of sp³-hybridized carbons (Fsp3) is 0.158. The zero-order chi connectivity index (χ0) is 45.6. The molecule has 0 spiro atoms. The van der Waals surface area contributed by atoms with E-state index >= 15 is 0 Å². The molecule has 0 fully saturated rings. The Morgan fingerprint density at radius 1 is 0.587 bits per heavy atom. The van der Waals surface area contributed by atoms with Crippen LogP contribution in [0.25, 0.3) is 78.0 Å². The second-order valence-electron chi connectivity index (χ2n) is 17.5. The number of para-hydroxylation sites is 4. The summed E-state index contributed by atoms with van der Waals surface area (Å²) < 4.78 is 27.5. The Morgan fingerprint density at radius 2 is 1.24 bits per heavy atom. The predicted octanol–water partition coefficient (Wildman–Crippen LogP) is 14.6. The van der Waals surface area contributed by atoms with Gasteiger partial charge in [-0.2, -0.15) is 0 Å². The molecule has 7 aromatic carbocycles. The van der Waals surface area contributed by atoms with Gasteiger partial charge in [0.2, 0.25) is 0 Å². The van der Waals surface area contributed by atoms with E-state index in [1.54, 1.807) is 0 Å². The number of hydrogen-bond donors (Lipinski definition) is 0. The molecule has 3 aromatic heterocycles. The monoisotopic (exact) mass is 1020 g/mol. The Bertz CT molecular complexity index is 3280. The van der Waals surface area contributed by atoms with Crippen molar-refractivity contribution in [3.63, 3.8) is 0 Å². The number of rotatable bonds is 8. The van der Waals surface area contributed by atoms with Crippen LogP contribution in [0, 0.1) is 12.1 Å². The maximum absolute atomic E-state index is 7.64. The number of aromatic nitrogens is 4. The minimum absolute atomic E-state index is 0. The Hall–Kier alpha value is -6.17. The van der Waals surface area contributed by atoms with Gasteiger partial charge in [-0.05, 0) is 99.7 Å². The molecule has 10 rings (SSSR count). The quantitative estimate of drug-likeness (QED) is 0.112. The van der Waals surface area contributed by atoms with E-state index < -0.39 is 8.07 Å². The molecule has 0 bridgehead atoms. The van der Waals surface area contributed by atoms with Crippen LogP contribution in [-0.2, 0) is 20.1 Å². The van der Waals surface area contributed by atoms with Crippen molar-refractivity contribution >= 4 is 46.1 Å². The molecule has 0 atom stereocenters. The molecule has 0 aliphatic rings. The van der Waals surface area contributed by atoms with Crippen LogP contribution in [0.15, 0.2) is 176 Å². The number of fused-ring (bicyclic) bond motifs is 4. The third-order valence-electron chi connectivity index (χ3n) is 11.6. The molecular weight excluding hydrogens is 961 g/mol. The summed E-state index contributed by atoms with van der Waals surface area (Å²) in [6.45, 7) is 16.0. The van der Waals surface area contributed by atoms with Crippen molar-refractivity contribution in [3.8, 4) is 45.1 Å². The van der Waals surface area contributed by atoms with Crippen LogP contribution >= 0.6 is 0 Å². The Labute approximate surface area is 390 Å². The first-order valence-corrected chi connectivity index (χ1v) is 25.0. The van der Waals surface area contributed by atoms with Crippen molar-refractivity contribution < 1.29 is 24.2 Å². The van der Waals surface area contributed by atoms with Gasteiger partial charge in [-0.25, -0.2) is 0 Å². The molecule has 0 N–H and O–H groups in total. The third kappa shape index (κ3) is 8.64. The fourth-order valence-corrected chi connectivity index (χ4v) is 9.39. The second-order valence-corrected chi connectivity index (χ2v) is 22.6. The summed E-state index contributed by atoms with van der Waals surface area (Å²) in [7, 11) is -1.36. The number of pyridine rings is 1. The van der Waals surface area contributed by atoms with E-state index in [1.807, 2.05) is 12.3 Å². The van der Waals surface area contributed by atoms with E-state index in [2.05, 4.69) is 213 Å². The molecule has 6 heteroatoms. The first kappa shape index (κ1) is 39.7. The fourth-order valence-electron chi connectivity index (χ4n) is 8.36. The van der Waals surface area contributed by atoms with Gasteiger partial charge in [0.1, 0.15) is 0 Å². The summed E-state index contributed by atoms with van der Waals surface area (Å²) in [6, 6.07) is 59.6. The van der Waals surface area contributed by atoms with Crippen molar-refractivity contribution in [3.05, 3.63) is 199 Å². The van der Waals surface area contributed by atoms with Crippen molar-refractivity contribution in [2.75, 3.05) is 0 Å². The summed E-state index contributed by atoms with van der Waals surface area (Å²) in [5, 5.41) is 3.68. The van der Waals surface area contributed by atoms with E-state index in [0.717, 1.165) is 33.6 Å². The average Bonchev–Trinajstić information content (AvgIpc) is 3.86. The molecule has 63 heavy (non-hydrogen) atoms. The van der Waals surface area contributed by atoms with Crippen LogP contribution in [0.2, 0.25) is 19.6 Å². The normalized spacial score (nSPS) is 12.2. The molecule has 10 aromatic rings. The van der Waals surface area contributed by atoms with Crippen LogP contribution in [0.3, 0.4) is 0 Å². The minimum Gasteiger partial charge on any atom is -0.351 e. The van der Waals surface area contributed by atoms with Gasteiger partial charge < -0.3 is 14.1 Å². The van der Waals surface area contributed by atoms with Crippen LogP contribution in [0.1, 0.15) is 54.8 Å². The topological polar surface area (TPSA) is 35.6 Å². The zero-order valence-corrected chi connectivity index (χ0v) is 40.2. The summed E-state index contributed by atoms with van der Waals surface area (Å²) in [6.07, 6.45) is 1.87. The largest absolute Gasteiger partial charge is 0.351 e. The van der Waals surface area contributed by atoms with E-state index in [1.165, 1.54) is 55.5 Å². The Balaban J connectivity index is 0.000000249. The maximum atomic E-state index is 7.64. The number of imidazole rings is 1. The van der Waals surface area contributed by atoms with Crippen LogP contribution in [-0.4, -0.2) is 27.2 Å². The zero-order valence-electron chi connectivity index (χ0n) is 39.8. The minimum atomic E-state index is -1.36. The van der Waals surface area contributed by atoms with Gasteiger partial charge in [0.15, 0.2) is 0 Å². The van der Waals surface area contributed by atoms with E-state index in [9.17, 15) is 0 Å². The molecule has 0 saturated heterocycles. The SMILES string of the molecule is CC(C)c1cc(-c2ccccc2)cc(C(C)C)c1-n1c(-c2[c-]cc3c(c2)c2ccccc2n3-c2ccccc2)nc2ccccc21.[2H]c1[c-]c(-c2ccc([Si](C)(C)C)cn2)cc([2H])c1[2H].[Ir]. The first-order valence-electron chi connectivity index (χ1n) is 23.0. The molecule has 4 nitrogen and oxygen atoms in total. The predicted molar refractivity (Wildman–Crippen MR) is 265 cm³/mol. The van der Waals surface area contributed by atoms with Crippen molar-refractivity contribution in [2.24, 2.45) is 0 Å². The van der Waals surface area contributed by atoms with E-state index in [-0.39, 0.29) is 38.2 Å². The van der Waals surface area contributed by atoms with Gasteiger partial charge in [0, 0.05) is 45.9 Å². The smallest absolute Gasteiger partial charge is 0.0795 e. The van der Waals surface area contributed by atoms with Gasteiger partial charge in [0.25, 0.3) is 0 Å². The number of benzene rings is 7. The average molecular weight is 1020 g/mol. The van der Waals surface area contributed by atoms with Crippen LogP contribution in [0.5, 0.6) is 0 Å². The Morgan fingerprint density at radius 3 is 1.89 bits per heavy atom. The molecule has 0 saturated carbocycles.